The molecule has 0 spiro atoms. The van der Waals surface area contributed by atoms with Gasteiger partial charge in [-0.05, 0) is 57.9 Å². The van der Waals surface area contributed by atoms with E-state index >= 15 is 0 Å². The van der Waals surface area contributed by atoms with Crippen LogP contribution in [0.2, 0.25) is 0 Å². The highest BCUT2D eigenvalue weighted by molar-refractivity contribution is 5.99. The molecule has 5 N–H and O–H groups in total. The van der Waals surface area contributed by atoms with Crippen LogP contribution < -0.4 is 16.0 Å². The van der Waals surface area contributed by atoms with Gasteiger partial charge in [-0.25, -0.2) is 0 Å². The highest BCUT2D eigenvalue weighted by Crippen LogP contribution is 2.26. The van der Waals surface area contributed by atoms with Crippen molar-refractivity contribution in [2.75, 3.05) is 11.4 Å². The first-order chi connectivity index (χ1) is 14.5. The first-order valence-corrected chi connectivity index (χ1v) is 10.3. The number of benzene rings is 1. The molecule has 0 bridgehead atoms. The number of carboxylic acids is 1. The van der Waals surface area contributed by atoms with Crippen molar-refractivity contribution >= 4 is 29.3 Å². The summed E-state index contributed by atoms with van der Waals surface area (Å²) in [6.07, 6.45) is 1.02. The van der Waals surface area contributed by atoms with Crippen LogP contribution in [0.5, 0.6) is 0 Å². The molecule has 1 aromatic carbocycles. The van der Waals surface area contributed by atoms with Crippen molar-refractivity contribution < 1.29 is 19.5 Å². The molecule has 1 saturated heterocycles. The number of amidine groups is 1. The number of rotatable bonds is 7. The molecule has 166 valence electrons. The third-order valence-corrected chi connectivity index (χ3v) is 4.81. The van der Waals surface area contributed by atoms with E-state index in [9.17, 15) is 14.4 Å². The Hall–Kier alpha value is -3.34. The Bertz CT molecular complexity index is 906. The van der Waals surface area contributed by atoms with Gasteiger partial charge in [-0.3, -0.25) is 19.8 Å². The molecule has 1 aromatic rings. The van der Waals surface area contributed by atoms with Crippen molar-refractivity contribution in [1.29, 1.82) is 5.41 Å². The Morgan fingerprint density at radius 2 is 1.97 bits per heavy atom. The molecule has 2 unspecified atom stereocenters. The van der Waals surface area contributed by atoms with E-state index in [1.165, 1.54) is 0 Å². The number of nitrogens with zero attached hydrogens (tertiary/aromatic N) is 1. The lowest BCUT2D eigenvalue weighted by Gasteiger charge is -2.32. The molecule has 0 aromatic heterocycles. The fourth-order valence-corrected chi connectivity index (χ4v) is 3.31. The molecule has 1 aliphatic heterocycles. The van der Waals surface area contributed by atoms with Gasteiger partial charge in [0.1, 0.15) is 11.9 Å². The normalized spacial score (nSPS) is 17.3. The molecule has 0 saturated carbocycles. The van der Waals surface area contributed by atoms with Gasteiger partial charge in [-0.2, -0.15) is 0 Å². The van der Waals surface area contributed by atoms with Crippen LogP contribution in [0.4, 0.5) is 5.69 Å². The van der Waals surface area contributed by atoms with E-state index in [-0.39, 0.29) is 35.9 Å². The van der Waals surface area contributed by atoms with Crippen LogP contribution in [0.25, 0.3) is 0 Å². The topological polar surface area (TPSA) is 137 Å². The Kier molecular flexibility index (Phi) is 7.81. The average molecular weight is 427 g/mol. The molecule has 31 heavy (non-hydrogen) atoms. The largest absolute Gasteiger partial charge is 0.481 e. The van der Waals surface area contributed by atoms with E-state index < -0.39 is 17.9 Å². The Balaban J connectivity index is 2.05. The molecule has 0 radical (unpaired) electrons. The lowest BCUT2D eigenvalue weighted by Crippen LogP contribution is -2.44. The zero-order chi connectivity index (χ0) is 23.2. The second-order valence-electron chi connectivity index (χ2n) is 8.73. The molecule has 1 heterocycles. The monoisotopic (exact) mass is 426 g/mol. The lowest BCUT2D eigenvalue weighted by molar-refractivity contribution is -0.137. The first-order valence-electron chi connectivity index (χ1n) is 10.3. The van der Waals surface area contributed by atoms with Crippen molar-refractivity contribution in [3.05, 3.63) is 29.8 Å². The van der Waals surface area contributed by atoms with Gasteiger partial charge < -0.3 is 21.1 Å². The predicted molar refractivity (Wildman–Crippen MR) is 119 cm³/mol. The molecule has 1 aliphatic rings. The lowest BCUT2D eigenvalue weighted by atomic mass is 9.92. The third-order valence-electron chi connectivity index (χ3n) is 4.81. The Morgan fingerprint density at radius 1 is 1.32 bits per heavy atom. The zero-order valence-electron chi connectivity index (χ0n) is 18.2. The first kappa shape index (κ1) is 23.9. The summed E-state index contributed by atoms with van der Waals surface area (Å²) in [4.78, 5) is 38.3. The highest BCUT2D eigenvalue weighted by Gasteiger charge is 2.31. The second kappa shape index (κ2) is 10.1. The Labute approximate surface area is 182 Å². The summed E-state index contributed by atoms with van der Waals surface area (Å²) in [7, 11) is 0. The summed E-state index contributed by atoms with van der Waals surface area (Å²) in [5, 5.41) is 19.2. The molecule has 0 aliphatic carbocycles. The summed E-state index contributed by atoms with van der Waals surface area (Å²) in [6.45, 7) is 6.25. The third kappa shape index (κ3) is 7.45. The summed E-state index contributed by atoms with van der Waals surface area (Å²) >= 11 is 0. The van der Waals surface area contributed by atoms with Gasteiger partial charge in [0, 0.05) is 35.5 Å². The van der Waals surface area contributed by atoms with Gasteiger partial charge in [0.15, 0.2) is 0 Å². The van der Waals surface area contributed by atoms with Crippen molar-refractivity contribution in [1.82, 2.24) is 5.32 Å². The molecular weight excluding hydrogens is 396 g/mol. The van der Waals surface area contributed by atoms with E-state index in [4.69, 9.17) is 16.2 Å². The number of piperidine rings is 1. The van der Waals surface area contributed by atoms with Gasteiger partial charge in [-0.1, -0.05) is 11.8 Å². The van der Waals surface area contributed by atoms with Gasteiger partial charge >= 0.3 is 5.97 Å². The minimum absolute atomic E-state index is 0.0197. The second-order valence-corrected chi connectivity index (χ2v) is 8.73. The standard InChI is InChI=1S/C23H30N4O4/c1-23(2,3)11-10-17(14-20(29)30)26-19(28)13-16-5-4-12-27(22(16)31)18-8-6-15(7-9-18)21(24)25/h6-9,16-17H,4-5,12-14H2,1-3H3,(H3,24,25)(H,26,28)(H,29,30). The minimum Gasteiger partial charge on any atom is -0.481 e. The number of aliphatic carboxylic acids is 1. The number of nitrogen functional groups attached to an aromatic ring is 1. The highest BCUT2D eigenvalue weighted by atomic mass is 16.4. The number of anilines is 1. The minimum atomic E-state index is -1.05. The fraction of sp³-hybridized carbons (Fsp3) is 0.478. The number of nitrogens with two attached hydrogens (primary N) is 1. The van der Waals surface area contributed by atoms with Gasteiger partial charge in [0.2, 0.25) is 11.8 Å². The molecule has 2 amide bonds. The van der Waals surface area contributed by atoms with Crippen LogP contribution in [-0.4, -0.2) is 41.3 Å². The van der Waals surface area contributed by atoms with E-state index in [0.29, 0.717) is 24.2 Å². The number of hydrogen-bond donors (Lipinski definition) is 4. The van der Waals surface area contributed by atoms with Crippen LogP contribution in [0.1, 0.15) is 52.0 Å². The van der Waals surface area contributed by atoms with Crippen LogP contribution in [0, 0.1) is 28.6 Å². The summed E-state index contributed by atoms with van der Waals surface area (Å²) in [5.74, 6) is 3.68. The summed E-state index contributed by atoms with van der Waals surface area (Å²) in [5.41, 5.74) is 6.42. The van der Waals surface area contributed by atoms with Crippen LogP contribution >= 0.6 is 0 Å². The van der Waals surface area contributed by atoms with E-state index in [1.807, 2.05) is 20.8 Å². The van der Waals surface area contributed by atoms with E-state index in [1.54, 1.807) is 29.2 Å². The Morgan fingerprint density at radius 3 is 2.52 bits per heavy atom. The number of hydrogen-bond acceptors (Lipinski definition) is 4. The number of nitrogens with one attached hydrogen (secondary N) is 2. The SMILES string of the molecule is CC(C)(C)C#CC(CC(=O)O)NC(=O)CC1CCCN(c2ccc(C(=N)N)cc2)C1=O. The molecule has 8 heteroatoms. The molecule has 8 nitrogen and oxygen atoms in total. The maximum Gasteiger partial charge on any atom is 0.306 e. The summed E-state index contributed by atoms with van der Waals surface area (Å²) < 4.78 is 0. The number of carbonyl (C=O) groups excluding carboxylic acids is 2. The van der Waals surface area contributed by atoms with Crippen molar-refractivity contribution in [2.45, 2.75) is 52.5 Å². The predicted octanol–water partition coefficient (Wildman–Crippen LogP) is 2.11. The van der Waals surface area contributed by atoms with Crippen molar-refractivity contribution in [3.8, 4) is 11.8 Å². The fourth-order valence-electron chi connectivity index (χ4n) is 3.31. The molecular formula is C23H30N4O4. The number of carboxylic acid groups (broad SMARTS) is 1. The zero-order valence-corrected chi connectivity index (χ0v) is 18.2. The maximum absolute atomic E-state index is 13.0. The maximum atomic E-state index is 13.0. The van der Waals surface area contributed by atoms with Gasteiger partial charge in [0.25, 0.3) is 0 Å². The van der Waals surface area contributed by atoms with Gasteiger partial charge in [0.05, 0.1) is 6.42 Å². The average Bonchev–Trinajstić information content (AvgIpc) is 2.67. The van der Waals surface area contributed by atoms with Crippen LogP contribution in [0.3, 0.4) is 0 Å². The number of carbonyl (C=O) groups is 3. The van der Waals surface area contributed by atoms with Crippen molar-refractivity contribution in [2.24, 2.45) is 17.1 Å². The molecule has 1 fully saturated rings. The smallest absolute Gasteiger partial charge is 0.306 e. The quantitative estimate of drug-likeness (QED) is 0.301. The van der Waals surface area contributed by atoms with E-state index in [2.05, 4.69) is 17.2 Å². The van der Waals surface area contributed by atoms with Crippen molar-refractivity contribution in [3.63, 3.8) is 0 Å². The summed E-state index contributed by atoms with van der Waals surface area (Å²) in [6, 6.07) is 6.04. The van der Waals surface area contributed by atoms with Gasteiger partial charge in [-0.15, -0.1) is 0 Å². The molecule has 2 atom stereocenters. The molecule has 2 rings (SSSR count). The number of amides is 2. The van der Waals surface area contributed by atoms with Crippen LogP contribution in [0.15, 0.2) is 24.3 Å². The van der Waals surface area contributed by atoms with E-state index in [0.717, 1.165) is 6.42 Å². The van der Waals surface area contributed by atoms with Crippen LogP contribution in [-0.2, 0) is 14.4 Å².